The minimum Gasteiger partial charge on any atom is -0.400 e. The van der Waals surface area contributed by atoms with E-state index in [1.54, 1.807) is 0 Å². The quantitative estimate of drug-likeness (QED) is 0.669. The summed E-state index contributed by atoms with van der Waals surface area (Å²) in [5.74, 6) is -0.830. The highest BCUT2D eigenvalue weighted by Crippen LogP contribution is 2.33. The molecule has 0 saturated heterocycles. The topological polar surface area (TPSA) is 56.7 Å². The highest BCUT2D eigenvalue weighted by molar-refractivity contribution is 5.79. The third-order valence-electron chi connectivity index (χ3n) is 4.31. The predicted molar refractivity (Wildman–Crippen MR) is 83.7 cm³/mol. The van der Waals surface area contributed by atoms with Gasteiger partial charge in [0.25, 0.3) is 0 Å². The maximum atomic E-state index is 14.1. The summed E-state index contributed by atoms with van der Waals surface area (Å²) >= 11 is 0. The molecule has 0 aliphatic carbocycles. The van der Waals surface area contributed by atoms with Gasteiger partial charge in [0.1, 0.15) is 28.7 Å². The molecule has 0 unspecified atom stereocenters. The number of pyridine rings is 1. The second kappa shape index (κ2) is 5.52. The van der Waals surface area contributed by atoms with Crippen molar-refractivity contribution in [2.75, 3.05) is 0 Å². The Balaban J connectivity index is 1.82. The minimum absolute atomic E-state index is 0.0231. The molecule has 134 valence electrons. The van der Waals surface area contributed by atoms with Crippen molar-refractivity contribution in [3.8, 4) is 0 Å². The van der Waals surface area contributed by atoms with Crippen molar-refractivity contribution in [1.82, 2.24) is 14.5 Å². The summed E-state index contributed by atoms with van der Waals surface area (Å²) in [6.45, 7) is 0.0262. The molecule has 0 bridgehead atoms. The molecule has 26 heavy (non-hydrogen) atoms. The lowest BCUT2D eigenvalue weighted by Gasteiger charge is -2.21. The number of fused-ring (bicyclic) bond motifs is 3. The average molecular weight is 366 g/mol. The van der Waals surface area contributed by atoms with Crippen LogP contribution in [0.4, 0.5) is 22.0 Å². The van der Waals surface area contributed by atoms with E-state index in [0.717, 1.165) is 30.5 Å². The minimum atomic E-state index is -4.58. The van der Waals surface area contributed by atoms with Crippen LogP contribution in [-0.2, 0) is 19.1 Å². The van der Waals surface area contributed by atoms with Gasteiger partial charge in [0.15, 0.2) is 0 Å². The molecule has 1 aliphatic rings. The maximum absolute atomic E-state index is 14.1. The van der Waals surface area contributed by atoms with Crippen LogP contribution in [0, 0.1) is 11.6 Å². The van der Waals surface area contributed by atoms with Gasteiger partial charge >= 0.3 is 6.18 Å². The third-order valence-corrected chi connectivity index (χ3v) is 4.31. The van der Waals surface area contributed by atoms with Crippen LogP contribution in [0.5, 0.6) is 0 Å². The average Bonchev–Trinajstić information content (AvgIpc) is 2.92. The summed E-state index contributed by atoms with van der Waals surface area (Å²) in [6, 6.07) is 3.95. The van der Waals surface area contributed by atoms with E-state index < -0.39 is 23.5 Å². The number of nitrogens with zero attached hydrogens (tertiary/aromatic N) is 3. The molecule has 0 saturated carbocycles. The summed E-state index contributed by atoms with van der Waals surface area (Å²) in [4.78, 5) is 7.65. The molecule has 0 fully saturated rings. The number of rotatable bonds is 1. The molecule has 0 radical (unpaired) electrons. The van der Waals surface area contributed by atoms with Crippen LogP contribution in [0.15, 0.2) is 36.2 Å². The molecule has 4 rings (SSSR count). The number of aromatic nitrogens is 3. The Labute approximate surface area is 143 Å². The number of nitrogens with two attached hydrogens (primary N) is 1. The summed E-state index contributed by atoms with van der Waals surface area (Å²) in [5.41, 5.74) is 6.15. The van der Waals surface area contributed by atoms with Gasteiger partial charge in [0.05, 0.1) is 18.3 Å². The summed E-state index contributed by atoms with van der Waals surface area (Å²) < 4.78 is 67.8. The molecule has 0 atom stereocenters. The van der Waals surface area contributed by atoms with Crippen molar-refractivity contribution in [3.05, 3.63) is 64.9 Å². The van der Waals surface area contributed by atoms with Gasteiger partial charge in [0, 0.05) is 17.7 Å². The van der Waals surface area contributed by atoms with Gasteiger partial charge in [-0.1, -0.05) is 0 Å². The standard InChI is InChI=1S/C17H11F5N4/c18-8-1-2-11(19)9(3-8)10-4-16-25-13-6-24-15(17(20,21)22)5-14(13)26(16)7-12(10)23/h1-3,5-6H,4,7,23H2. The van der Waals surface area contributed by atoms with E-state index in [2.05, 4.69) is 9.97 Å². The van der Waals surface area contributed by atoms with Gasteiger partial charge in [-0.2, -0.15) is 13.2 Å². The lowest BCUT2D eigenvalue weighted by molar-refractivity contribution is -0.141. The molecule has 9 heteroatoms. The maximum Gasteiger partial charge on any atom is 0.433 e. The van der Waals surface area contributed by atoms with E-state index in [0.29, 0.717) is 11.4 Å². The Morgan fingerprint density at radius 3 is 2.62 bits per heavy atom. The third kappa shape index (κ3) is 2.59. The first-order valence-electron chi connectivity index (χ1n) is 7.59. The Kier molecular flexibility index (Phi) is 3.50. The molecular weight excluding hydrogens is 355 g/mol. The Hall–Kier alpha value is -2.97. The summed E-state index contributed by atoms with van der Waals surface area (Å²) in [5, 5.41) is 0. The predicted octanol–water partition coefficient (Wildman–Crippen LogP) is 3.65. The van der Waals surface area contributed by atoms with Crippen molar-refractivity contribution in [2.24, 2.45) is 5.73 Å². The van der Waals surface area contributed by atoms with Crippen LogP contribution in [0.1, 0.15) is 17.1 Å². The van der Waals surface area contributed by atoms with Gasteiger partial charge < -0.3 is 10.3 Å². The zero-order chi connectivity index (χ0) is 18.6. The lowest BCUT2D eigenvalue weighted by Crippen LogP contribution is -2.20. The van der Waals surface area contributed by atoms with Crippen LogP contribution in [0.25, 0.3) is 16.6 Å². The van der Waals surface area contributed by atoms with Crippen molar-refractivity contribution < 1.29 is 22.0 Å². The Morgan fingerprint density at radius 2 is 1.88 bits per heavy atom. The molecule has 0 spiro atoms. The monoisotopic (exact) mass is 366 g/mol. The van der Waals surface area contributed by atoms with E-state index in [4.69, 9.17) is 5.73 Å². The summed E-state index contributed by atoms with van der Waals surface area (Å²) in [7, 11) is 0. The molecule has 2 aromatic heterocycles. The van der Waals surface area contributed by atoms with Gasteiger partial charge in [0.2, 0.25) is 0 Å². The van der Waals surface area contributed by atoms with Crippen molar-refractivity contribution in [3.63, 3.8) is 0 Å². The smallest absolute Gasteiger partial charge is 0.400 e. The van der Waals surface area contributed by atoms with Crippen LogP contribution >= 0.6 is 0 Å². The van der Waals surface area contributed by atoms with E-state index in [9.17, 15) is 22.0 Å². The van der Waals surface area contributed by atoms with Gasteiger partial charge in [-0.25, -0.2) is 18.7 Å². The number of allylic oxidation sites excluding steroid dienone is 2. The second-order valence-electron chi connectivity index (χ2n) is 5.97. The van der Waals surface area contributed by atoms with E-state index >= 15 is 0 Å². The number of hydrogen-bond acceptors (Lipinski definition) is 3. The van der Waals surface area contributed by atoms with E-state index in [1.165, 1.54) is 4.57 Å². The summed E-state index contributed by atoms with van der Waals surface area (Å²) in [6.07, 6.45) is -3.46. The van der Waals surface area contributed by atoms with Gasteiger partial charge in [-0.3, -0.25) is 0 Å². The molecule has 1 aromatic carbocycles. The first-order valence-corrected chi connectivity index (χ1v) is 7.59. The molecule has 3 heterocycles. The highest BCUT2D eigenvalue weighted by atomic mass is 19.4. The zero-order valence-electron chi connectivity index (χ0n) is 13.1. The van der Waals surface area contributed by atoms with Crippen LogP contribution < -0.4 is 5.73 Å². The molecule has 3 aromatic rings. The SMILES string of the molecule is NC1=C(c2cc(F)ccc2F)Cc2nc3cnc(C(F)(F)F)cc3n2C1. The highest BCUT2D eigenvalue weighted by Gasteiger charge is 2.33. The molecule has 0 amide bonds. The van der Waals surface area contributed by atoms with Crippen molar-refractivity contribution >= 4 is 16.6 Å². The molecule has 1 aliphatic heterocycles. The molecular formula is C17H11F5N4. The first kappa shape index (κ1) is 16.5. The van der Waals surface area contributed by atoms with Crippen molar-refractivity contribution in [2.45, 2.75) is 19.1 Å². The number of benzene rings is 1. The lowest BCUT2D eigenvalue weighted by atomic mass is 9.97. The van der Waals surface area contributed by atoms with Gasteiger partial charge in [-0.05, 0) is 29.8 Å². The number of hydrogen-bond donors (Lipinski definition) is 1. The number of alkyl halides is 3. The first-order chi connectivity index (χ1) is 12.2. The number of halogens is 5. The molecule has 4 nitrogen and oxygen atoms in total. The second-order valence-corrected chi connectivity index (χ2v) is 5.97. The fourth-order valence-electron chi connectivity index (χ4n) is 3.08. The largest absolute Gasteiger partial charge is 0.433 e. The van der Waals surface area contributed by atoms with E-state index in [-0.39, 0.29) is 35.3 Å². The van der Waals surface area contributed by atoms with Crippen LogP contribution in [0.2, 0.25) is 0 Å². The zero-order valence-corrected chi connectivity index (χ0v) is 13.1. The van der Waals surface area contributed by atoms with Gasteiger partial charge in [-0.15, -0.1) is 0 Å². The fraction of sp³-hybridized carbons (Fsp3) is 0.176. The Morgan fingerprint density at radius 1 is 1.12 bits per heavy atom. The van der Waals surface area contributed by atoms with Crippen LogP contribution in [0.3, 0.4) is 0 Å². The fourth-order valence-corrected chi connectivity index (χ4v) is 3.08. The Bertz CT molecular complexity index is 1060. The van der Waals surface area contributed by atoms with Crippen LogP contribution in [-0.4, -0.2) is 14.5 Å². The van der Waals surface area contributed by atoms with E-state index in [1.807, 2.05) is 0 Å². The normalized spacial score (nSPS) is 14.8. The van der Waals surface area contributed by atoms with Crippen molar-refractivity contribution in [1.29, 1.82) is 0 Å². The molecule has 2 N–H and O–H groups in total. The number of imidazole rings is 1.